The normalized spacial score (nSPS) is 45.9. The van der Waals surface area contributed by atoms with Crippen molar-refractivity contribution in [2.75, 3.05) is 0 Å². The van der Waals surface area contributed by atoms with E-state index in [9.17, 15) is 0 Å². The van der Waals surface area contributed by atoms with Crippen molar-refractivity contribution in [2.24, 2.45) is 0 Å². The molecule has 2 saturated heterocycles. The van der Waals surface area contributed by atoms with E-state index in [1.807, 2.05) is 0 Å². The molecule has 3 fully saturated rings. The molecule has 0 atom stereocenters. The van der Waals surface area contributed by atoms with Gasteiger partial charge in [-0.05, 0) is 32.1 Å². The van der Waals surface area contributed by atoms with Crippen LogP contribution in [-0.2, 0) is 0 Å². The summed E-state index contributed by atoms with van der Waals surface area (Å²) in [7, 11) is 0. The van der Waals surface area contributed by atoms with Gasteiger partial charge in [-0.15, -0.1) is 0 Å². The summed E-state index contributed by atoms with van der Waals surface area (Å²) in [5.41, 5.74) is 7.26. The first-order chi connectivity index (χ1) is 4.85. The molecule has 1 saturated carbocycles. The van der Waals surface area contributed by atoms with Crippen LogP contribution < -0.4 is 10.9 Å². The predicted octanol–water partition coefficient (Wildman–Crippen LogP) is 1.19. The van der Waals surface area contributed by atoms with Crippen LogP contribution in [-0.4, -0.2) is 11.6 Å². The van der Waals surface area contributed by atoms with Crippen molar-refractivity contribution in [3.8, 4) is 0 Å². The molecule has 0 radical (unpaired) electrons. The molecule has 0 amide bonds. The Hall–Kier alpha value is -0.0800. The first-order valence-corrected chi connectivity index (χ1v) is 4.37. The van der Waals surface area contributed by atoms with Gasteiger partial charge in [-0.3, -0.25) is 10.9 Å². The maximum absolute atomic E-state index is 3.43. The summed E-state index contributed by atoms with van der Waals surface area (Å²) in [6, 6.07) is 0.772. The van der Waals surface area contributed by atoms with Crippen LogP contribution in [0, 0.1) is 0 Å². The van der Waals surface area contributed by atoms with Gasteiger partial charge in [0, 0.05) is 11.6 Å². The highest BCUT2D eigenvalue weighted by Crippen LogP contribution is 2.33. The van der Waals surface area contributed by atoms with Crippen molar-refractivity contribution >= 4 is 0 Å². The van der Waals surface area contributed by atoms with Crippen LogP contribution in [0.3, 0.4) is 0 Å². The third-order valence-corrected chi connectivity index (χ3v) is 3.16. The summed E-state index contributed by atoms with van der Waals surface area (Å²) in [5, 5.41) is 0. The first-order valence-electron chi connectivity index (χ1n) is 4.37. The van der Waals surface area contributed by atoms with Gasteiger partial charge in [-0.25, -0.2) is 0 Å². The Bertz CT molecular complexity index is 111. The molecule has 1 aliphatic carbocycles. The van der Waals surface area contributed by atoms with E-state index in [1.165, 1.54) is 32.1 Å². The quantitative estimate of drug-likeness (QED) is 0.571. The third-order valence-electron chi connectivity index (χ3n) is 3.16. The summed E-state index contributed by atoms with van der Waals surface area (Å²) in [6.07, 6.45) is 6.77. The molecular formula is C8H16N2. The van der Waals surface area contributed by atoms with Crippen molar-refractivity contribution in [1.82, 2.24) is 10.9 Å². The second-order valence-electron chi connectivity index (χ2n) is 3.68. The predicted molar refractivity (Wildman–Crippen MR) is 41.5 cm³/mol. The zero-order chi connectivity index (χ0) is 7.03. The molecule has 0 unspecified atom stereocenters. The smallest absolute Gasteiger partial charge is 0.0322 e. The molecule has 0 spiro atoms. The molecule has 2 bridgehead atoms. The van der Waals surface area contributed by atoms with Crippen molar-refractivity contribution < 1.29 is 0 Å². The van der Waals surface area contributed by atoms with Crippen LogP contribution in [0.5, 0.6) is 0 Å². The van der Waals surface area contributed by atoms with Crippen LogP contribution in [0.4, 0.5) is 0 Å². The summed E-state index contributed by atoms with van der Waals surface area (Å²) in [5.74, 6) is 0. The van der Waals surface area contributed by atoms with E-state index in [1.54, 1.807) is 0 Å². The van der Waals surface area contributed by atoms with E-state index in [-0.39, 0.29) is 0 Å². The average molecular weight is 140 g/mol. The van der Waals surface area contributed by atoms with E-state index in [0.29, 0.717) is 5.54 Å². The molecule has 2 heteroatoms. The Kier molecular flexibility index (Phi) is 1.46. The van der Waals surface area contributed by atoms with Crippen LogP contribution >= 0.6 is 0 Å². The Morgan fingerprint density at radius 3 is 2.40 bits per heavy atom. The van der Waals surface area contributed by atoms with E-state index in [0.717, 1.165) is 6.04 Å². The molecule has 0 aromatic carbocycles. The highest BCUT2D eigenvalue weighted by molar-refractivity contribution is 4.97. The lowest BCUT2D eigenvalue weighted by Crippen LogP contribution is -2.64. The van der Waals surface area contributed by atoms with Crippen LogP contribution in [0.1, 0.15) is 39.0 Å². The van der Waals surface area contributed by atoms with Gasteiger partial charge in [-0.2, -0.15) is 0 Å². The Morgan fingerprint density at radius 2 is 2.10 bits per heavy atom. The van der Waals surface area contributed by atoms with Gasteiger partial charge in [0.2, 0.25) is 0 Å². The van der Waals surface area contributed by atoms with E-state index < -0.39 is 0 Å². The zero-order valence-electron chi connectivity index (χ0n) is 6.61. The molecule has 0 aromatic rings. The number of hydrogen-bond donors (Lipinski definition) is 2. The minimum atomic E-state index is 0.467. The molecule has 0 aromatic heterocycles. The number of nitrogens with one attached hydrogen (secondary N) is 2. The molecule has 10 heavy (non-hydrogen) atoms. The number of hydrazine groups is 1. The van der Waals surface area contributed by atoms with Crippen LogP contribution in [0.25, 0.3) is 0 Å². The van der Waals surface area contributed by atoms with E-state index in [4.69, 9.17) is 0 Å². The highest BCUT2D eigenvalue weighted by Gasteiger charge is 2.38. The van der Waals surface area contributed by atoms with Gasteiger partial charge in [0.05, 0.1) is 0 Å². The van der Waals surface area contributed by atoms with Gasteiger partial charge < -0.3 is 0 Å². The fourth-order valence-corrected chi connectivity index (χ4v) is 2.14. The first kappa shape index (κ1) is 6.62. The van der Waals surface area contributed by atoms with Crippen molar-refractivity contribution in [2.45, 2.75) is 50.6 Å². The number of rotatable bonds is 1. The minimum absolute atomic E-state index is 0.467. The Labute approximate surface area is 62.4 Å². The second-order valence-corrected chi connectivity index (χ2v) is 3.68. The van der Waals surface area contributed by atoms with Crippen molar-refractivity contribution in [3.05, 3.63) is 0 Å². The van der Waals surface area contributed by atoms with Crippen molar-refractivity contribution in [3.63, 3.8) is 0 Å². The minimum Gasteiger partial charge on any atom is -0.254 e. The molecular weight excluding hydrogens is 124 g/mol. The summed E-state index contributed by atoms with van der Waals surface area (Å²) in [6.45, 7) is 2.28. The van der Waals surface area contributed by atoms with Gasteiger partial charge >= 0.3 is 0 Å². The molecule has 3 rings (SSSR count). The topological polar surface area (TPSA) is 24.1 Å². The number of hydrogen-bond acceptors (Lipinski definition) is 2. The molecule has 2 nitrogen and oxygen atoms in total. The van der Waals surface area contributed by atoms with Gasteiger partial charge in [-0.1, -0.05) is 6.92 Å². The fraction of sp³-hybridized carbons (Fsp3) is 1.00. The maximum atomic E-state index is 3.43. The summed E-state index contributed by atoms with van der Waals surface area (Å²) >= 11 is 0. The second kappa shape index (κ2) is 2.21. The fourth-order valence-electron chi connectivity index (χ4n) is 2.14. The maximum Gasteiger partial charge on any atom is 0.0322 e. The summed E-state index contributed by atoms with van der Waals surface area (Å²) < 4.78 is 0. The highest BCUT2D eigenvalue weighted by atomic mass is 15.4. The monoisotopic (exact) mass is 140 g/mol. The standard InChI is InChI=1S/C8H16N2/c1-2-8-5-3-7(4-6-8)9-10-8/h7,9-10H,2-6H2,1H3. The molecule has 2 N–H and O–H groups in total. The van der Waals surface area contributed by atoms with E-state index in [2.05, 4.69) is 17.8 Å². The van der Waals surface area contributed by atoms with Gasteiger partial charge in [0.1, 0.15) is 0 Å². The van der Waals surface area contributed by atoms with Crippen LogP contribution in [0.2, 0.25) is 0 Å². The molecule has 3 aliphatic rings. The van der Waals surface area contributed by atoms with Gasteiger partial charge in [0.15, 0.2) is 0 Å². The lowest BCUT2D eigenvalue weighted by Gasteiger charge is -2.47. The Morgan fingerprint density at radius 1 is 1.40 bits per heavy atom. The van der Waals surface area contributed by atoms with Crippen LogP contribution in [0.15, 0.2) is 0 Å². The largest absolute Gasteiger partial charge is 0.254 e. The zero-order valence-corrected chi connectivity index (χ0v) is 6.61. The molecule has 2 aliphatic heterocycles. The summed E-state index contributed by atoms with van der Waals surface area (Å²) in [4.78, 5) is 0. The van der Waals surface area contributed by atoms with Gasteiger partial charge in [0.25, 0.3) is 0 Å². The Balaban J connectivity index is 2.08. The van der Waals surface area contributed by atoms with Crippen molar-refractivity contribution in [1.29, 1.82) is 0 Å². The number of fused-ring (bicyclic) bond motifs is 3. The average Bonchev–Trinajstić information content (AvgIpc) is 2.08. The SMILES string of the molecule is CCC12CCC(CC1)NN2. The van der Waals surface area contributed by atoms with E-state index >= 15 is 0 Å². The lowest BCUT2D eigenvalue weighted by atomic mass is 9.76. The molecule has 58 valence electrons. The lowest BCUT2D eigenvalue weighted by molar-refractivity contribution is 0.0946. The molecule has 2 heterocycles. The third kappa shape index (κ3) is 0.867.